The van der Waals surface area contributed by atoms with Crippen molar-refractivity contribution in [3.63, 3.8) is 0 Å². The van der Waals surface area contributed by atoms with E-state index in [9.17, 15) is 4.79 Å². The second-order valence-electron chi connectivity index (χ2n) is 3.59. The Hall–Kier alpha value is -1.08. The van der Waals surface area contributed by atoms with Gasteiger partial charge in [0.1, 0.15) is 6.04 Å². The van der Waals surface area contributed by atoms with Crippen LogP contribution in [0.25, 0.3) is 10.4 Å². The first kappa shape index (κ1) is 16.0. The van der Waals surface area contributed by atoms with E-state index in [2.05, 4.69) is 31.3 Å². The molecule has 0 aliphatic rings. The number of halogens is 1. The van der Waals surface area contributed by atoms with Crippen LogP contribution in [0.5, 0.6) is 0 Å². The maximum atomic E-state index is 11.9. The molecule has 1 atom stereocenters. The molecule has 6 nitrogen and oxygen atoms in total. The average Bonchev–Trinajstić information content (AvgIpc) is 2.80. The van der Waals surface area contributed by atoms with Crippen LogP contribution in [-0.4, -0.2) is 25.7 Å². The van der Waals surface area contributed by atoms with Crippen LogP contribution in [0.3, 0.4) is 0 Å². The zero-order valence-electron chi connectivity index (χ0n) is 10.5. The lowest BCUT2D eigenvalue weighted by Gasteiger charge is -2.15. The number of nitrogens with one attached hydrogen (secondary N) is 1. The fraction of sp³-hybridized carbons (Fsp3) is 0.545. The van der Waals surface area contributed by atoms with E-state index in [-0.39, 0.29) is 5.97 Å². The lowest BCUT2D eigenvalue weighted by molar-refractivity contribution is -0.145. The van der Waals surface area contributed by atoms with Crippen LogP contribution in [0.1, 0.15) is 24.3 Å². The Kier molecular flexibility index (Phi) is 7.50. The molecule has 19 heavy (non-hydrogen) atoms. The van der Waals surface area contributed by atoms with Crippen molar-refractivity contribution in [2.75, 3.05) is 19.7 Å². The van der Waals surface area contributed by atoms with Gasteiger partial charge in [-0.2, -0.15) is 0 Å². The summed E-state index contributed by atoms with van der Waals surface area (Å²) in [6.45, 7) is 3.12. The standard InChI is InChI=1S/C11H15BrN4O2S/c1-2-18-11(17)10(8-4-5-9(12)19-8)14-6-3-7-15-16-13/h4-5,10,14H,2-3,6-7H2,1H3. The third-order valence-electron chi connectivity index (χ3n) is 2.25. The molecule has 0 bridgehead atoms. The zero-order valence-corrected chi connectivity index (χ0v) is 12.9. The van der Waals surface area contributed by atoms with Gasteiger partial charge < -0.3 is 10.1 Å². The Bertz CT molecular complexity index is 459. The maximum Gasteiger partial charge on any atom is 0.328 e. The van der Waals surface area contributed by atoms with Gasteiger partial charge in [-0.05, 0) is 53.5 Å². The van der Waals surface area contributed by atoms with Gasteiger partial charge in [0.25, 0.3) is 0 Å². The highest BCUT2D eigenvalue weighted by molar-refractivity contribution is 9.11. The molecule has 1 aromatic heterocycles. The molecule has 0 spiro atoms. The number of carbonyl (C=O) groups is 1. The molecular formula is C11H15BrN4O2S. The molecule has 0 aliphatic carbocycles. The smallest absolute Gasteiger partial charge is 0.328 e. The number of esters is 1. The molecule has 1 aromatic rings. The van der Waals surface area contributed by atoms with Crippen molar-refractivity contribution in [2.45, 2.75) is 19.4 Å². The summed E-state index contributed by atoms with van der Waals surface area (Å²) in [5.74, 6) is -0.291. The second-order valence-corrected chi connectivity index (χ2v) is 6.08. The first-order valence-corrected chi connectivity index (χ1v) is 7.46. The number of nitrogens with zero attached hydrogens (tertiary/aromatic N) is 3. The summed E-state index contributed by atoms with van der Waals surface area (Å²) in [6, 6.07) is 3.31. The summed E-state index contributed by atoms with van der Waals surface area (Å²) in [5.41, 5.74) is 8.17. The van der Waals surface area contributed by atoms with Gasteiger partial charge in [0.05, 0.1) is 10.4 Å². The van der Waals surface area contributed by atoms with Gasteiger partial charge in [0.15, 0.2) is 0 Å². The van der Waals surface area contributed by atoms with Crippen LogP contribution >= 0.6 is 27.3 Å². The summed E-state index contributed by atoms with van der Waals surface area (Å²) < 4.78 is 6.02. The van der Waals surface area contributed by atoms with Crippen molar-refractivity contribution in [1.29, 1.82) is 0 Å². The Morgan fingerprint density at radius 3 is 3.05 bits per heavy atom. The number of ether oxygens (including phenoxy) is 1. The van der Waals surface area contributed by atoms with E-state index < -0.39 is 6.04 Å². The molecule has 0 amide bonds. The SMILES string of the molecule is CCOC(=O)C(NCCCN=[N+]=[N-])c1ccc(Br)s1. The van der Waals surface area contributed by atoms with Crippen LogP contribution in [0.4, 0.5) is 0 Å². The van der Waals surface area contributed by atoms with Crippen molar-refractivity contribution in [1.82, 2.24) is 5.32 Å². The van der Waals surface area contributed by atoms with Crippen LogP contribution in [0.2, 0.25) is 0 Å². The molecule has 0 aromatic carbocycles. The normalized spacial score (nSPS) is 11.7. The summed E-state index contributed by atoms with van der Waals surface area (Å²) in [5, 5.41) is 6.57. The van der Waals surface area contributed by atoms with Gasteiger partial charge in [-0.15, -0.1) is 11.3 Å². The summed E-state index contributed by atoms with van der Waals surface area (Å²) in [4.78, 5) is 15.5. The highest BCUT2D eigenvalue weighted by Gasteiger charge is 2.22. The average molecular weight is 347 g/mol. The second kappa shape index (κ2) is 8.92. The van der Waals surface area contributed by atoms with E-state index in [1.807, 2.05) is 12.1 Å². The number of hydrogen-bond acceptors (Lipinski definition) is 5. The fourth-order valence-electron chi connectivity index (χ4n) is 1.45. The summed E-state index contributed by atoms with van der Waals surface area (Å²) >= 11 is 4.86. The first-order valence-electron chi connectivity index (χ1n) is 5.85. The summed E-state index contributed by atoms with van der Waals surface area (Å²) in [6.07, 6.45) is 0.673. The predicted molar refractivity (Wildman–Crippen MR) is 78.0 cm³/mol. The zero-order chi connectivity index (χ0) is 14.1. The van der Waals surface area contributed by atoms with Crippen LogP contribution in [-0.2, 0) is 9.53 Å². The van der Waals surface area contributed by atoms with E-state index >= 15 is 0 Å². The number of thiophene rings is 1. The Morgan fingerprint density at radius 1 is 1.68 bits per heavy atom. The maximum absolute atomic E-state index is 11.9. The molecule has 0 saturated heterocycles. The molecular weight excluding hydrogens is 332 g/mol. The van der Waals surface area contributed by atoms with E-state index in [0.717, 1.165) is 8.66 Å². The molecule has 1 rings (SSSR count). The largest absolute Gasteiger partial charge is 0.465 e. The molecule has 0 fully saturated rings. The quantitative estimate of drug-likeness (QED) is 0.257. The minimum Gasteiger partial charge on any atom is -0.465 e. The van der Waals surface area contributed by atoms with Gasteiger partial charge in [-0.3, -0.25) is 0 Å². The molecule has 8 heteroatoms. The van der Waals surface area contributed by atoms with Crippen molar-refractivity contribution in [2.24, 2.45) is 5.11 Å². The topological polar surface area (TPSA) is 87.1 Å². The molecule has 0 saturated carbocycles. The highest BCUT2D eigenvalue weighted by atomic mass is 79.9. The Labute approximate surface area is 123 Å². The molecule has 1 N–H and O–H groups in total. The van der Waals surface area contributed by atoms with Crippen LogP contribution in [0, 0.1) is 0 Å². The van der Waals surface area contributed by atoms with Crippen molar-refractivity contribution >= 4 is 33.2 Å². The number of hydrogen-bond donors (Lipinski definition) is 1. The van der Waals surface area contributed by atoms with Gasteiger partial charge in [-0.25, -0.2) is 4.79 Å². The van der Waals surface area contributed by atoms with Crippen LogP contribution in [0.15, 0.2) is 21.0 Å². The van der Waals surface area contributed by atoms with Crippen molar-refractivity contribution in [3.05, 3.63) is 31.2 Å². The van der Waals surface area contributed by atoms with Gasteiger partial charge in [0.2, 0.25) is 0 Å². The first-order chi connectivity index (χ1) is 9.19. The third kappa shape index (κ3) is 5.61. The number of carbonyl (C=O) groups excluding carboxylic acids is 1. The third-order valence-corrected chi connectivity index (χ3v) is 3.94. The van der Waals surface area contributed by atoms with E-state index in [1.54, 1.807) is 6.92 Å². The minimum absolute atomic E-state index is 0.291. The Balaban J connectivity index is 2.59. The monoisotopic (exact) mass is 346 g/mol. The van der Waals surface area contributed by atoms with Crippen molar-refractivity contribution in [3.8, 4) is 0 Å². The fourth-order valence-corrected chi connectivity index (χ4v) is 2.94. The molecule has 1 unspecified atom stereocenters. The molecule has 1 heterocycles. The van der Waals surface area contributed by atoms with Crippen LogP contribution < -0.4 is 5.32 Å². The Morgan fingerprint density at radius 2 is 2.47 bits per heavy atom. The van der Waals surface area contributed by atoms with E-state index in [0.29, 0.717) is 26.1 Å². The van der Waals surface area contributed by atoms with Gasteiger partial charge in [0, 0.05) is 16.3 Å². The minimum atomic E-state index is -0.470. The van der Waals surface area contributed by atoms with E-state index in [4.69, 9.17) is 10.3 Å². The molecule has 104 valence electrons. The predicted octanol–water partition coefficient (Wildman–Crippen LogP) is 3.40. The summed E-state index contributed by atoms with van der Waals surface area (Å²) in [7, 11) is 0. The van der Waals surface area contributed by atoms with Crippen molar-refractivity contribution < 1.29 is 9.53 Å². The van der Waals surface area contributed by atoms with Gasteiger partial charge in [-0.1, -0.05) is 5.11 Å². The van der Waals surface area contributed by atoms with Gasteiger partial charge >= 0.3 is 5.97 Å². The molecule has 0 radical (unpaired) electrons. The lowest BCUT2D eigenvalue weighted by atomic mass is 10.2. The van der Waals surface area contributed by atoms with E-state index in [1.165, 1.54) is 11.3 Å². The number of azide groups is 1. The molecule has 0 aliphatic heterocycles. The number of rotatable bonds is 8. The lowest BCUT2D eigenvalue weighted by Crippen LogP contribution is -2.30. The highest BCUT2D eigenvalue weighted by Crippen LogP contribution is 2.28.